The van der Waals surface area contributed by atoms with E-state index in [0.29, 0.717) is 5.02 Å². The molecule has 1 nitrogen and oxygen atoms in total. The number of aliphatic imine (C=N–C) groups is 1. The van der Waals surface area contributed by atoms with Crippen LogP contribution in [0.25, 0.3) is 0 Å². The number of hydrogen-bond donors (Lipinski definition) is 0. The van der Waals surface area contributed by atoms with Crippen molar-refractivity contribution in [3.05, 3.63) is 99.5 Å². The molecule has 3 rings (SSSR count). The molecule has 0 amide bonds. The van der Waals surface area contributed by atoms with Gasteiger partial charge in [-0.15, -0.1) is 0 Å². The summed E-state index contributed by atoms with van der Waals surface area (Å²) in [4.78, 5) is 4.61. The summed E-state index contributed by atoms with van der Waals surface area (Å²) in [5, 5.41) is 1.44. The van der Waals surface area contributed by atoms with Crippen LogP contribution in [0, 0.1) is 0 Å². The lowest BCUT2D eigenvalue weighted by atomic mass is 10.0. The first kappa shape index (κ1) is 15.8. The van der Waals surface area contributed by atoms with Crippen molar-refractivity contribution in [3.63, 3.8) is 0 Å². The number of hydrogen-bond acceptors (Lipinski definition) is 1. The Bertz CT molecular complexity index is 826. The van der Waals surface area contributed by atoms with Gasteiger partial charge >= 0.3 is 0 Å². The first-order valence-corrected chi connectivity index (χ1v) is 8.09. The van der Waals surface area contributed by atoms with Crippen molar-refractivity contribution in [1.82, 2.24) is 0 Å². The van der Waals surface area contributed by atoms with Crippen LogP contribution in [0.2, 0.25) is 10.0 Å². The number of halogens is 2. The van der Waals surface area contributed by atoms with Crippen LogP contribution in [-0.4, -0.2) is 6.21 Å². The number of rotatable bonds is 4. The summed E-state index contributed by atoms with van der Waals surface area (Å²) in [5.74, 6) is 0. The standard InChI is InChI=1S/C20H15Cl2N/c21-18-11-10-17(12-16-8-4-5-9-19(16)22)20(13-18)23-14-15-6-2-1-3-7-15/h1-11,13-14H,12H2/b23-14-. The molecule has 0 unspecified atom stereocenters. The number of benzene rings is 3. The van der Waals surface area contributed by atoms with Gasteiger partial charge in [-0.25, -0.2) is 0 Å². The molecule has 0 fully saturated rings. The van der Waals surface area contributed by atoms with Crippen molar-refractivity contribution >= 4 is 35.1 Å². The summed E-state index contributed by atoms with van der Waals surface area (Å²) in [7, 11) is 0. The van der Waals surface area contributed by atoms with Crippen molar-refractivity contribution < 1.29 is 0 Å². The molecule has 3 aromatic carbocycles. The van der Waals surface area contributed by atoms with E-state index in [0.717, 1.165) is 33.8 Å². The zero-order valence-corrected chi connectivity index (χ0v) is 13.9. The van der Waals surface area contributed by atoms with Gasteiger partial charge in [-0.3, -0.25) is 4.99 Å². The summed E-state index contributed by atoms with van der Waals surface area (Å²) in [6, 6.07) is 23.6. The van der Waals surface area contributed by atoms with E-state index < -0.39 is 0 Å². The molecule has 0 aliphatic rings. The van der Waals surface area contributed by atoms with E-state index in [2.05, 4.69) is 4.99 Å². The molecule has 0 saturated carbocycles. The molecule has 0 saturated heterocycles. The summed E-state index contributed by atoms with van der Waals surface area (Å²) < 4.78 is 0. The minimum absolute atomic E-state index is 0.674. The van der Waals surface area contributed by atoms with Crippen LogP contribution in [0.15, 0.2) is 77.8 Å². The maximum atomic E-state index is 6.27. The van der Waals surface area contributed by atoms with E-state index in [1.165, 1.54) is 0 Å². The average Bonchev–Trinajstić information content (AvgIpc) is 2.58. The fourth-order valence-electron chi connectivity index (χ4n) is 2.34. The summed E-state index contributed by atoms with van der Waals surface area (Å²) in [5.41, 5.74) is 4.08. The van der Waals surface area contributed by atoms with Crippen LogP contribution >= 0.6 is 23.2 Å². The largest absolute Gasteiger partial charge is 0.256 e. The third kappa shape index (κ3) is 4.22. The predicted octanol–water partition coefficient (Wildman–Crippen LogP) is 6.33. The van der Waals surface area contributed by atoms with Crippen molar-refractivity contribution in [2.45, 2.75) is 6.42 Å². The van der Waals surface area contributed by atoms with Gasteiger partial charge in [-0.2, -0.15) is 0 Å². The highest BCUT2D eigenvalue weighted by Gasteiger charge is 2.06. The van der Waals surface area contributed by atoms with Gasteiger partial charge in [0, 0.05) is 22.7 Å². The summed E-state index contributed by atoms with van der Waals surface area (Å²) >= 11 is 12.4. The molecule has 0 radical (unpaired) electrons. The van der Waals surface area contributed by atoms with Gasteiger partial charge in [0.2, 0.25) is 0 Å². The van der Waals surface area contributed by atoms with Crippen molar-refractivity contribution in [1.29, 1.82) is 0 Å². The molecule has 3 heteroatoms. The molecule has 114 valence electrons. The molecule has 0 aliphatic carbocycles. The van der Waals surface area contributed by atoms with Crippen molar-refractivity contribution in [2.75, 3.05) is 0 Å². The van der Waals surface area contributed by atoms with Gasteiger partial charge < -0.3 is 0 Å². The van der Waals surface area contributed by atoms with E-state index in [9.17, 15) is 0 Å². The maximum absolute atomic E-state index is 6.27. The van der Waals surface area contributed by atoms with Crippen molar-refractivity contribution in [2.24, 2.45) is 4.99 Å². The molecular weight excluding hydrogens is 325 g/mol. The topological polar surface area (TPSA) is 12.4 Å². The van der Waals surface area contributed by atoms with Gasteiger partial charge in [-0.1, -0.05) is 77.8 Å². The highest BCUT2D eigenvalue weighted by molar-refractivity contribution is 6.31. The Morgan fingerprint density at radius 2 is 1.52 bits per heavy atom. The van der Waals surface area contributed by atoms with Crippen LogP contribution in [0.3, 0.4) is 0 Å². The van der Waals surface area contributed by atoms with Gasteiger partial charge in [0.15, 0.2) is 0 Å². The van der Waals surface area contributed by atoms with E-state index in [-0.39, 0.29) is 0 Å². The molecule has 0 aliphatic heterocycles. The van der Waals surface area contributed by atoms with Crippen LogP contribution in [0.5, 0.6) is 0 Å². The second kappa shape index (κ2) is 7.45. The third-order valence-corrected chi connectivity index (χ3v) is 4.14. The Balaban J connectivity index is 1.92. The second-order valence-corrected chi connectivity index (χ2v) is 6.05. The van der Waals surface area contributed by atoms with Gasteiger partial charge in [0.25, 0.3) is 0 Å². The molecular formula is C20H15Cl2N. The van der Waals surface area contributed by atoms with Crippen LogP contribution in [-0.2, 0) is 6.42 Å². The average molecular weight is 340 g/mol. The monoisotopic (exact) mass is 339 g/mol. The summed E-state index contributed by atoms with van der Waals surface area (Å²) in [6.45, 7) is 0. The summed E-state index contributed by atoms with van der Waals surface area (Å²) in [6.07, 6.45) is 2.57. The van der Waals surface area contributed by atoms with Gasteiger partial charge in [-0.05, 0) is 34.9 Å². The Hall–Kier alpha value is -2.09. The molecule has 23 heavy (non-hydrogen) atoms. The SMILES string of the molecule is Clc1ccc(Cc2ccccc2Cl)c(/N=C\c2ccccc2)c1. The Labute approximate surface area is 146 Å². The zero-order valence-electron chi connectivity index (χ0n) is 12.4. The minimum atomic E-state index is 0.674. The highest BCUT2D eigenvalue weighted by Crippen LogP contribution is 2.28. The van der Waals surface area contributed by atoms with Crippen LogP contribution in [0.4, 0.5) is 5.69 Å². The second-order valence-electron chi connectivity index (χ2n) is 5.21. The van der Waals surface area contributed by atoms with Crippen LogP contribution in [0.1, 0.15) is 16.7 Å². The fraction of sp³-hybridized carbons (Fsp3) is 0.0500. The highest BCUT2D eigenvalue weighted by atomic mass is 35.5. The van der Waals surface area contributed by atoms with E-state index in [1.54, 1.807) is 0 Å². The van der Waals surface area contributed by atoms with E-state index >= 15 is 0 Å². The molecule has 0 spiro atoms. The molecule has 0 N–H and O–H groups in total. The molecule has 0 bridgehead atoms. The maximum Gasteiger partial charge on any atom is 0.0680 e. The molecule has 0 atom stereocenters. The lowest BCUT2D eigenvalue weighted by molar-refractivity contribution is 1.18. The first-order valence-electron chi connectivity index (χ1n) is 7.33. The van der Waals surface area contributed by atoms with E-state index in [1.807, 2.05) is 79.0 Å². The Morgan fingerprint density at radius 3 is 2.30 bits per heavy atom. The smallest absolute Gasteiger partial charge is 0.0680 e. The normalized spacial score (nSPS) is 11.0. The molecule has 3 aromatic rings. The van der Waals surface area contributed by atoms with Gasteiger partial charge in [0.05, 0.1) is 5.69 Å². The van der Waals surface area contributed by atoms with Gasteiger partial charge in [0.1, 0.15) is 0 Å². The quantitative estimate of drug-likeness (QED) is 0.492. The first-order chi connectivity index (χ1) is 11.2. The Kier molecular flexibility index (Phi) is 5.12. The zero-order chi connectivity index (χ0) is 16.1. The predicted molar refractivity (Wildman–Crippen MR) is 99.4 cm³/mol. The molecule has 0 aromatic heterocycles. The Morgan fingerprint density at radius 1 is 0.783 bits per heavy atom. The number of nitrogens with zero attached hydrogens (tertiary/aromatic N) is 1. The molecule has 0 heterocycles. The fourth-order valence-corrected chi connectivity index (χ4v) is 2.71. The lowest BCUT2D eigenvalue weighted by Crippen LogP contribution is -1.90. The van der Waals surface area contributed by atoms with Crippen LogP contribution < -0.4 is 0 Å². The van der Waals surface area contributed by atoms with E-state index in [4.69, 9.17) is 23.2 Å². The third-order valence-electron chi connectivity index (χ3n) is 3.54. The lowest BCUT2D eigenvalue weighted by Gasteiger charge is -2.08. The van der Waals surface area contributed by atoms with Crippen molar-refractivity contribution in [3.8, 4) is 0 Å². The minimum Gasteiger partial charge on any atom is -0.256 e.